The van der Waals surface area contributed by atoms with Gasteiger partial charge in [0.2, 0.25) is 0 Å². The maximum Gasteiger partial charge on any atom is 0.306 e. The lowest BCUT2D eigenvalue weighted by Gasteiger charge is -2.06. The number of hydrogen-bond acceptors (Lipinski definition) is 5. The van der Waals surface area contributed by atoms with Gasteiger partial charge in [-0.25, -0.2) is 4.68 Å². The molecule has 6 nitrogen and oxygen atoms in total. The SMILES string of the molecule is CC(CCn1nnnc1-c1ccc(Br)s1)C(=O)O. The highest BCUT2D eigenvalue weighted by Gasteiger charge is 2.15. The molecule has 2 rings (SSSR count). The van der Waals surface area contributed by atoms with Gasteiger partial charge in [-0.2, -0.15) is 0 Å². The number of carboxylic acids is 1. The summed E-state index contributed by atoms with van der Waals surface area (Å²) < 4.78 is 2.64. The van der Waals surface area contributed by atoms with Crippen LogP contribution in [-0.2, 0) is 11.3 Å². The second-order valence-electron chi connectivity index (χ2n) is 3.86. The number of hydrogen-bond donors (Lipinski definition) is 1. The molecular weight excluding hydrogens is 320 g/mol. The molecule has 0 bridgehead atoms. The van der Waals surface area contributed by atoms with E-state index >= 15 is 0 Å². The zero-order valence-corrected chi connectivity index (χ0v) is 12.0. The third-order valence-electron chi connectivity index (χ3n) is 2.52. The lowest BCUT2D eigenvalue weighted by atomic mass is 10.1. The molecule has 96 valence electrons. The molecule has 1 N–H and O–H groups in total. The number of thiophene rings is 1. The Labute approximate surface area is 116 Å². The molecule has 8 heteroatoms. The van der Waals surface area contributed by atoms with Crippen LogP contribution >= 0.6 is 27.3 Å². The summed E-state index contributed by atoms with van der Waals surface area (Å²) in [6.07, 6.45) is 0.500. The maximum atomic E-state index is 10.8. The number of rotatable bonds is 5. The quantitative estimate of drug-likeness (QED) is 0.909. The van der Waals surface area contributed by atoms with Crippen molar-refractivity contribution in [3.8, 4) is 10.7 Å². The number of nitrogens with zero attached hydrogens (tertiary/aromatic N) is 4. The lowest BCUT2D eigenvalue weighted by molar-refractivity contribution is -0.141. The van der Waals surface area contributed by atoms with E-state index in [1.54, 1.807) is 11.6 Å². The average molecular weight is 331 g/mol. The maximum absolute atomic E-state index is 10.8. The predicted octanol–water partition coefficient (Wildman–Crippen LogP) is 2.27. The molecule has 0 radical (unpaired) electrons. The predicted molar refractivity (Wildman–Crippen MR) is 70.2 cm³/mol. The molecule has 0 fully saturated rings. The van der Waals surface area contributed by atoms with Crippen LogP contribution in [-0.4, -0.2) is 31.3 Å². The molecule has 0 amide bonds. The molecule has 0 aliphatic rings. The van der Waals surface area contributed by atoms with E-state index < -0.39 is 11.9 Å². The van der Waals surface area contributed by atoms with Crippen molar-refractivity contribution in [2.75, 3.05) is 0 Å². The van der Waals surface area contributed by atoms with Crippen molar-refractivity contribution in [2.24, 2.45) is 5.92 Å². The Kier molecular flexibility index (Phi) is 4.07. The number of aliphatic carboxylic acids is 1. The van der Waals surface area contributed by atoms with Gasteiger partial charge in [-0.15, -0.1) is 16.4 Å². The summed E-state index contributed by atoms with van der Waals surface area (Å²) in [5.74, 6) is -0.538. The summed E-state index contributed by atoms with van der Waals surface area (Å²) in [4.78, 5) is 11.7. The monoisotopic (exact) mass is 330 g/mol. The summed E-state index contributed by atoms with van der Waals surface area (Å²) in [6.45, 7) is 2.17. The minimum absolute atomic E-state index is 0.405. The number of carboxylic acid groups (broad SMARTS) is 1. The first-order valence-corrected chi connectivity index (χ1v) is 6.93. The smallest absolute Gasteiger partial charge is 0.306 e. The molecule has 2 heterocycles. The van der Waals surface area contributed by atoms with Crippen LogP contribution < -0.4 is 0 Å². The summed E-state index contributed by atoms with van der Waals surface area (Å²) in [7, 11) is 0. The van der Waals surface area contributed by atoms with Gasteiger partial charge in [-0.05, 0) is 44.9 Å². The summed E-state index contributed by atoms with van der Waals surface area (Å²) in [5, 5.41) is 20.3. The van der Waals surface area contributed by atoms with Crippen LogP contribution in [0.1, 0.15) is 13.3 Å². The average Bonchev–Trinajstić information content (AvgIpc) is 2.93. The van der Waals surface area contributed by atoms with Gasteiger partial charge in [-0.1, -0.05) is 6.92 Å². The Hall–Kier alpha value is -1.28. The molecule has 0 spiro atoms. The Morgan fingerprint density at radius 2 is 2.39 bits per heavy atom. The van der Waals surface area contributed by atoms with E-state index in [2.05, 4.69) is 31.5 Å². The van der Waals surface area contributed by atoms with Crippen LogP contribution in [0, 0.1) is 5.92 Å². The largest absolute Gasteiger partial charge is 0.481 e. The number of carbonyl (C=O) groups is 1. The highest BCUT2D eigenvalue weighted by molar-refractivity contribution is 9.11. The van der Waals surface area contributed by atoms with Crippen LogP contribution in [0.15, 0.2) is 15.9 Å². The van der Waals surface area contributed by atoms with Crippen LogP contribution in [0.5, 0.6) is 0 Å². The first kappa shape index (κ1) is 13.2. The fourth-order valence-corrected chi connectivity index (χ4v) is 2.78. The minimum atomic E-state index is -0.802. The number of aryl methyl sites for hydroxylation is 1. The van der Waals surface area contributed by atoms with Gasteiger partial charge in [0.05, 0.1) is 14.6 Å². The van der Waals surface area contributed by atoms with Crippen LogP contribution in [0.3, 0.4) is 0 Å². The van der Waals surface area contributed by atoms with E-state index in [0.29, 0.717) is 18.8 Å². The van der Waals surface area contributed by atoms with E-state index in [1.165, 1.54) is 11.3 Å². The third kappa shape index (κ3) is 2.94. The Morgan fingerprint density at radius 3 is 3.00 bits per heavy atom. The zero-order valence-electron chi connectivity index (χ0n) is 9.58. The first-order chi connectivity index (χ1) is 8.58. The Morgan fingerprint density at radius 1 is 1.61 bits per heavy atom. The van der Waals surface area contributed by atoms with Crippen LogP contribution in [0.2, 0.25) is 0 Å². The number of tetrazole rings is 1. The first-order valence-electron chi connectivity index (χ1n) is 5.32. The van der Waals surface area contributed by atoms with Gasteiger partial charge < -0.3 is 5.11 Å². The fraction of sp³-hybridized carbons (Fsp3) is 0.400. The number of halogens is 1. The van der Waals surface area contributed by atoms with E-state index in [0.717, 1.165) is 8.66 Å². The summed E-state index contributed by atoms with van der Waals surface area (Å²) in [5.41, 5.74) is 0. The molecule has 2 aromatic rings. The summed E-state index contributed by atoms with van der Waals surface area (Å²) in [6, 6.07) is 3.86. The van der Waals surface area contributed by atoms with Gasteiger partial charge in [0, 0.05) is 6.54 Å². The van der Waals surface area contributed by atoms with Crippen molar-refractivity contribution in [2.45, 2.75) is 19.9 Å². The Bertz CT molecular complexity index is 554. The van der Waals surface area contributed by atoms with Gasteiger partial charge in [0.1, 0.15) is 0 Å². The van der Waals surface area contributed by atoms with E-state index in [9.17, 15) is 4.79 Å². The molecule has 1 atom stereocenters. The second-order valence-corrected chi connectivity index (χ2v) is 6.32. The molecule has 0 aliphatic heterocycles. The molecule has 0 saturated heterocycles. The molecule has 1 unspecified atom stereocenters. The number of aromatic nitrogens is 4. The molecule has 2 aromatic heterocycles. The highest BCUT2D eigenvalue weighted by atomic mass is 79.9. The van der Waals surface area contributed by atoms with Crippen molar-refractivity contribution in [3.63, 3.8) is 0 Å². The van der Waals surface area contributed by atoms with Gasteiger partial charge >= 0.3 is 5.97 Å². The third-order valence-corrected chi connectivity index (χ3v) is 4.14. The van der Waals surface area contributed by atoms with E-state index in [-0.39, 0.29) is 0 Å². The van der Waals surface area contributed by atoms with Gasteiger partial charge in [0.25, 0.3) is 0 Å². The molecule has 0 saturated carbocycles. The minimum Gasteiger partial charge on any atom is -0.481 e. The van der Waals surface area contributed by atoms with E-state index in [4.69, 9.17) is 5.11 Å². The van der Waals surface area contributed by atoms with Crippen molar-refractivity contribution in [1.29, 1.82) is 0 Å². The molecule has 18 heavy (non-hydrogen) atoms. The fourth-order valence-electron chi connectivity index (χ4n) is 1.41. The van der Waals surface area contributed by atoms with Crippen LogP contribution in [0.4, 0.5) is 0 Å². The van der Waals surface area contributed by atoms with Crippen molar-refractivity contribution in [1.82, 2.24) is 20.2 Å². The van der Waals surface area contributed by atoms with Crippen molar-refractivity contribution < 1.29 is 9.90 Å². The summed E-state index contributed by atoms with van der Waals surface area (Å²) >= 11 is 4.92. The molecule has 0 aromatic carbocycles. The molecule has 0 aliphatic carbocycles. The van der Waals surface area contributed by atoms with Crippen molar-refractivity contribution in [3.05, 3.63) is 15.9 Å². The standard InChI is InChI=1S/C10H11BrN4O2S/c1-6(10(16)17)4-5-15-9(12-13-14-15)7-2-3-8(11)18-7/h2-3,6H,4-5H2,1H3,(H,16,17). The topological polar surface area (TPSA) is 80.9 Å². The van der Waals surface area contributed by atoms with Crippen LogP contribution in [0.25, 0.3) is 10.7 Å². The van der Waals surface area contributed by atoms with Gasteiger partial charge in [0.15, 0.2) is 5.82 Å². The highest BCUT2D eigenvalue weighted by Crippen LogP contribution is 2.29. The normalized spacial score (nSPS) is 12.6. The second kappa shape index (κ2) is 5.57. The Balaban J connectivity index is 2.11. The lowest BCUT2D eigenvalue weighted by Crippen LogP contribution is -2.13. The van der Waals surface area contributed by atoms with Gasteiger partial charge in [-0.3, -0.25) is 4.79 Å². The van der Waals surface area contributed by atoms with E-state index in [1.807, 2.05) is 12.1 Å². The zero-order chi connectivity index (χ0) is 13.1. The molecular formula is C10H11BrN4O2S. The van der Waals surface area contributed by atoms with Crippen molar-refractivity contribution >= 4 is 33.2 Å².